The highest BCUT2D eigenvalue weighted by Gasteiger charge is 1.96. The minimum atomic E-state index is 0.787. The third-order valence-electron chi connectivity index (χ3n) is 2.36. The number of benzene rings is 2. The molecule has 0 bridgehead atoms. The number of carbonyl (C=O) groups excluding carboxylic acids is 1. The Kier molecular flexibility index (Phi) is 3.29. The van der Waals surface area contributed by atoms with Gasteiger partial charge < -0.3 is 0 Å². The maximum Gasteiger partial charge on any atom is 0.142 e. The number of hydrogen-bond donors (Lipinski definition) is 0. The number of rotatable bonds is 3. The summed E-state index contributed by atoms with van der Waals surface area (Å²) in [7, 11) is 0. The Hall–Kier alpha value is -2.15. The van der Waals surface area contributed by atoms with Crippen molar-refractivity contribution >= 4 is 12.4 Å². The predicted octanol–water partition coefficient (Wildman–Crippen LogP) is 3.57. The van der Waals surface area contributed by atoms with Crippen LogP contribution in [0.15, 0.2) is 60.7 Å². The second-order valence-electron chi connectivity index (χ2n) is 3.49. The van der Waals surface area contributed by atoms with Crippen LogP contribution in [0, 0.1) is 0 Å². The minimum absolute atomic E-state index is 0.787. The van der Waals surface area contributed by atoms with Gasteiger partial charge in [0, 0.05) is 0 Å². The van der Waals surface area contributed by atoms with Gasteiger partial charge in [-0.1, -0.05) is 54.6 Å². The van der Waals surface area contributed by atoms with Gasteiger partial charge in [0.05, 0.1) is 0 Å². The van der Waals surface area contributed by atoms with Crippen LogP contribution in [0.25, 0.3) is 17.2 Å². The van der Waals surface area contributed by atoms with Gasteiger partial charge in [-0.2, -0.15) is 0 Å². The SMILES string of the molecule is O=C/C=C/c1cccc(-c2ccccc2)c1. The molecular formula is C15H12O. The number of allylic oxidation sites excluding steroid dienone is 1. The average molecular weight is 208 g/mol. The van der Waals surface area contributed by atoms with Crippen molar-refractivity contribution in [2.45, 2.75) is 0 Å². The van der Waals surface area contributed by atoms with E-state index in [0.29, 0.717) is 0 Å². The van der Waals surface area contributed by atoms with Crippen molar-refractivity contribution in [2.24, 2.45) is 0 Å². The maximum atomic E-state index is 10.2. The lowest BCUT2D eigenvalue weighted by Crippen LogP contribution is -1.78. The van der Waals surface area contributed by atoms with Gasteiger partial charge in [0.2, 0.25) is 0 Å². The normalized spacial score (nSPS) is 10.5. The molecule has 1 nitrogen and oxygen atoms in total. The number of carbonyl (C=O) groups is 1. The number of aldehydes is 1. The van der Waals surface area contributed by atoms with Gasteiger partial charge in [0.25, 0.3) is 0 Å². The van der Waals surface area contributed by atoms with E-state index in [0.717, 1.165) is 17.4 Å². The Morgan fingerprint density at radius 1 is 0.812 bits per heavy atom. The Morgan fingerprint density at radius 3 is 2.31 bits per heavy atom. The molecular weight excluding hydrogens is 196 g/mol. The van der Waals surface area contributed by atoms with E-state index in [-0.39, 0.29) is 0 Å². The second kappa shape index (κ2) is 5.08. The Balaban J connectivity index is 2.36. The molecule has 0 saturated heterocycles. The van der Waals surface area contributed by atoms with Crippen molar-refractivity contribution in [2.75, 3.05) is 0 Å². The molecule has 0 saturated carbocycles. The molecule has 1 heteroatoms. The van der Waals surface area contributed by atoms with Crippen LogP contribution in [0.5, 0.6) is 0 Å². The van der Waals surface area contributed by atoms with Crippen LogP contribution in [-0.4, -0.2) is 6.29 Å². The van der Waals surface area contributed by atoms with E-state index < -0.39 is 0 Å². The summed E-state index contributed by atoms with van der Waals surface area (Å²) in [6.45, 7) is 0. The molecule has 2 aromatic carbocycles. The third kappa shape index (κ3) is 2.45. The van der Waals surface area contributed by atoms with Crippen LogP contribution in [0.1, 0.15) is 5.56 Å². The summed E-state index contributed by atoms with van der Waals surface area (Å²) in [6.07, 6.45) is 4.10. The third-order valence-corrected chi connectivity index (χ3v) is 2.36. The summed E-state index contributed by atoms with van der Waals surface area (Å²) in [4.78, 5) is 10.2. The monoisotopic (exact) mass is 208 g/mol. The molecule has 0 fully saturated rings. The Labute approximate surface area is 95.1 Å². The zero-order valence-electron chi connectivity index (χ0n) is 8.84. The van der Waals surface area contributed by atoms with Crippen LogP contribution in [0.3, 0.4) is 0 Å². The van der Waals surface area contributed by atoms with E-state index in [9.17, 15) is 4.79 Å². The molecule has 0 aliphatic carbocycles. The van der Waals surface area contributed by atoms with Crippen molar-refractivity contribution in [3.05, 3.63) is 66.2 Å². The molecule has 0 atom stereocenters. The fraction of sp³-hybridized carbons (Fsp3) is 0. The highest BCUT2D eigenvalue weighted by atomic mass is 16.1. The fourth-order valence-corrected chi connectivity index (χ4v) is 1.60. The van der Waals surface area contributed by atoms with Gasteiger partial charge in [-0.15, -0.1) is 0 Å². The standard InChI is InChI=1S/C15H12O/c16-11-5-7-13-6-4-10-15(12-13)14-8-2-1-3-9-14/h1-12H/b7-5+. The first-order valence-corrected chi connectivity index (χ1v) is 5.17. The summed E-state index contributed by atoms with van der Waals surface area (Å²) in [5.41, 5.74) is 3.38. The summed E-state index contributed by atoms with van der Waals surface area (Å²) in [5.74, 6) is 0. The van der Waals surface area contributed by atoms with E-state index in [4.69, 9.17) is 0 Å². The van der Waals surface area contributed by atoms with Gasteiger partial charge in [-0.25, -0.2) is 0 Å². The van der Waals surface area contributed by atoms with Crippen LogP contribution in [-0.2, 0) is 4.79 Å². The molecule has 0 aromatic heterocycles. The van der Waals surface area contributed by atoms with Gasteiger partial charge in [-0.05, 0) is 28.8 Å². The zero-order valence-corrected chi connectivity index (χ0v) is 8.84. The van der Waals surface area contributed by atoms with Crippen LogP contribution in [0.2, 0.25) is 0 Å². The molecule has 0 N–H and O–H groups in total. The highest BCUT2D eigenvalue weighted by Crippen LogP contribution is 2.20. The fourth-order valence-electron chi connectivity index (χ4n) is 1.60. The van der Waals surface area contributed by atoms with E-state index in [1.54, 1.807) is 6.08 Å². The van der Waals surface area contributed by atoms with E-state index >= 15 is 0 Å². The van der Waals surface area contributed by atoms with Gasteiger partial charge >= 0.3 is 0 Å². The Bertz CT molecular complexity index is 498. The molecule has 2 rings (SSSR count). The Morgan fingerprint density at radius 2 is 1.56 bits per heavy atom. The molecule has 0 aliphatic heterocycles. The van der Waals surface area contributed by atoms with Crippen LogP contribution < -0.4 is 0 Å². The average Bonchev–Trinajstić information content (AvgIpc) is 2.38. The topological polar surface area (TPSA) is 17.1 Å². The first kappa shape index (κ1) is 10.4. The molecule has 0 aliphatic rings. The van der Waals surface area contributed by atoms with Crippen molar-refractivity contribution in [1.82, 2.24) is 0 Å². The number of hydrogen-bond acceptors (Lipinski definition) is 1. The van der Waals surface area contributed by atoms with Gasteiger partial charge in [0.15, 0.2) is 0 Å². The van der Waals surface area contributed by atoms with E-state index in [1.165, 1.54) is 11.6 Å². The lowest BCUT2D eigenvalue weighted by Gasteiger charge is -2.02. The maximum absolute atomic E-state index is 10.2. The van der Waals surface area contributed by atoms with E-state index in [1.807, 2.05) is 30.3 Å². The molecule has 0 radical (unpaired) electrons. The predicted molar refractivity (Wildman–Crippen MR) is 67.0 cm³/mol. The van der Waals surface area contributed by atoms with Crippen molar-refractivity contribution in [1.29, 1.82) is 0 Å². The summed E-state index contributed by atoms with van der Waals surface area (Å²) in [6, 6.07) is 18.3. The van der Waals surface area contributed by atoms with Crippen molar-refractivity contribution in [3.63, 3.8) is 0 Å². The summed E-state index contributed by atoms with van der Waals surface area (Å²) in [5, 5.41) is 0. The minimum Gasteiger partial charge on any atom is -0.299 e. The molecule has 78 valence electrons. The summed E-state index contributed by atoms with van der Waals surface area (Å²) < 4.78 is 0. The quantitative estimate of drug-likeness (QED) is 0.556. The van der Waals surface area contributed by atoms with Crippen molar-refractivity contribution < 1.29 is 4.79 Å². The largest absolute Gasteiger partial charge is 0.299 e. The molecule has 0 amide bonds. The molecule has 16 heavy (non-hydrogen) atoms. The lowest BCUT2D eigenvalue weighted by atomic mass is 10.0. The smallest absolute Gasteiger partial charge is 0.142 e. The molecule has 0 heterocycles. The van der Waals surface area contributed by atoms with Crippen molar-refractivity contribution in [3.8, 4) is 11.1 Å². The lowest BCUT2D eigenvalue weighted by molar-refractivity contribution is -0.104. The molecule has 0 unspecified atom stereocenters. The van der Waals surface area contributed by atoms with Crippen LogP contribution >= 0.6 is 0 Å². The first-order chi connectivity index (χ1) is 7.90. The molecule has 0 spiro atoms. The van der Waals surface area contributed by atoms with Gasteiger partial charge in [-0.3, -0.25) is 4.79 Å². The van der Waals surface area contributed by atoms with Crippen LogP contribution in [0.4, 0.5) is 0 Å². The second-order valence-corrected chi connectivity index (χ2v) is 3.49. The van der Waals surface area contributed by atoms with E-state index in [2.05, 4.69) is 24.3 Å². The molecule has 2 aromatic rings. The first-order valence-electron chi connectivity index (χ1n) is 5.17. The highest BCUT2D eigenvalue weighted by molar-refractivity contribution is 5.75. The zero-order chi connectivity index (χ0) is 11.2. The van der Waals surface area contributed by atoms with Gasteiger partial charge in [0.1, 0.15) is 6.29 Å². The summed E-state index contributed by atoms with van der Waals surface area (Å²) >= 11 is 0.